The van der Waals surface area contributed by atoms with E-state index in [4.69, 9.17) is 0 Å². The number of rotatable bonds is 5. The molecule has 2 N–H and O–H groups in total. The van der Waals surface area contributed by atoms with Gasteiger partial charge in [-0.1, -0.05) is 47.2 Å². The van der Waals surface area contributed by atoms with Gasteiger partial charge in [-0.2, -0.15) is 8.42 Å². The molecule has 9 heteroatoms. The normalized spacial score (nSPS) is 11.1. The minimum Gasteiger partial charge on any atom is -0.296 e. The fourth-order valence-electron chi connectivity index (χ4n) is 2.03. The lowest BCUT2D eigenvalue weighted by Crippen LogP contribution is -2.12. The number of sulfonamides is 1. The van der Waals surface area contributed by atoms with Gasteiger partial charge in [0, 0.05) is 11.3 Å². The average molecular weight is 374 g/mol. The number of anilines is 2. The molecule has 1 aromatic heterocycles. The van der Waals surface area contributed by atoms with Crippen LogP contribution in [0.15, 0.2) is 58.9 Å². The maximum atomic E-state index is 12.3. The number of aromatic nitrogens is 2. The molecule has 0 aliphatic heterocycles. The molecule has 0 spiro atoms. The number of hydrogen-bond acceptors (Lipinski definition) is 6. The third kappa shape index (κ3) is 4.20. The van der Waals surface area contributed by atoms with Crippen LogP contribution in [0.4, 0.5) is 10.8 Å². The summed E-state index contributed by atoms with van der Waals surface area (Å²) >= 11 is 0.782. The SMILES string of the molecule is Cc1cccc(C(=O)Nc2nnc(S(=O)(=O)Nc3ccccc3)s2)c1. The first kappa shape index (κ1) is 17.1. The predicted octanol–water partition coefficient (Wildman–Crippen LogP) is 2.90. The molecule has 128 valence electrons. The van der Waals surface area contributed by atoms with E-state index >= 15 is 0 Å². The molecule has 0 bridgehead atoms. The fourth-order valence-corrected chi connectivity index (χ4v) is 3.98. The number of nitrogens with one attached hydrogen (secondary N) is 2. The molecule has 0 saturated carbocycles. The van der Waals surface area contributed by atoms with Crippen LogP contribution in [-0.4, -0.2) is 24.5 Å². The molecule has 0 aliphatic carbocycles. The highest BCUT2D eigenvalue weighted by atomic mass is 32.2. The zero-order valence-corrected chi connectivity index (χ0v) is 14.8. The van der Waals surface area contributed by atoms with E-state index in [9.17, 15) is 13.2 Å². The van der Waals surface area contributed by atoms with E-state index in [-0.39, 0.29) is 15.4 Å². The molecule has 0 atom stereocenters. The molecule has 7 nitrogen and oxygen atoms in total. The van der Waals surface area contributed by atoms with E-state index < -0.39 is 10.0 Å². The van der Waals surface area contributed by atoms with Crippen LogP contribution in [-0.2, 0) is 10.0 Å². The summed E-state index contributed by atoms with van der Waals surface area (Å²) in [6.45, 7) is 1.88. The molecule has 0 saturated heterocycles. The molecule has 3 rings (SSSR count). The summed E-state index contributed by atoms with van der Waals surface area (Å²) in [4.78, 5) is 12.2. The van der Waals surface area contributed by atoms with Gasteiger partial charge in [-0.15, -0.1) is 10.2 Å². The number of amides is 1. The van der Waals surface area contributed by atoms with E-state index in [0.29, 0.717) is 11.3 Å². The minimum absolute atomic E-state index is 0.111. The quantitative estimate of drug-likeness (QED) is 0.669. The van der Waals surface area contributed by atoms with Gasteiger partial charge in [-0.3, -0.25) is 14.8 Å². The van der Waals surface area contributed by atoms with Crippen molar-refractivity contribution in [3.05, 3.63) is 65.7 Å². The van der Waals surface area contributed by atoms with Gasteiger partial charge < -0.3 is 0 Å². The Bertz CT molecular complexity index is 1000. The molecular weight excluding hydrogens is 360 g/mol. The van der Waals surface area contributed by atoms with Crippen LogP contribution >= 0.6 is 11.3 Å². The number of nitrogens with zero attached hydrogens (tertiary/aromatic N) is 2. The van der Waals surface area contributed by atoms with Gasteiger partial charge in [-0.05, 0) is 31.2 Å². The van der Waals surface area contributed by atoms with Crippen LogP contribution in [0, 0.1) is 6.92 Å². The van der Waals surface area contributed by atoms with Crippen LogP contribution in [0.1, 0.15) is 15.9 Å². The molecule has 2 aromatic carbocycles. The van der Waals surface area contributed by atoms with E-state index in [1.54, 1.807) is 48.5 Å². The number of carbonyl (C=O) groups is 1. The summed E-state index contributed by atoms with van der Waals surface area (Å²) in [5.41, 5.74) is 1.82. The minimum atomic E-state index is -3.86. The van der Waals surface area contributed by atoms with E-state index in [0.717, 1.165) is 16.9 Å². The molecule has 25 heavy (non-hydrogen) atoms. The predicted molar refractivity (Wildman–Crippen MR) is 96.3 cm³/mol. The molecule has 0 unspecified atom stereocenters. The lowest BCUT2D eigenvalue weighted by molar-refractivity contribution is 0.102. The van der Waals surface area contributed by atoms with Gasteiger partial charge in [0.2, 0.25) is 5.13 Å². The van der Waals surface area contributed by atoms with Gasteiger partial charge in [0.25, 0.3) is 20.3 Å². The molecule has 0 aliphatic rings. The van der Waals surface area contributed by atoms with Crippen molar-refractivity contribution in [3.8, 4) is 0 Å². The Morgan fingerprint density at radius 3 is 2.52 bits per heavy atom. The van der Waals surface area contributed by atoms with Crippen molar-refractivity contribution in [1.29, 1.82) is 0 Å². The Hall–Kier alpha value is -2.78. The third-order valence-corrected chi connectivity index (χ3v) is 5.75. The Morgan fingerprint density at radius 1 is 1.04 bits per heavy atom. The number of carbonyl (C=O) groups excluding carboxylic acids is 1. The second-order valence-corrected chi connectivity index (χ2v) is 8.00. The highest BCUT2D eigenvalue weighted by Crippen LogP contribution is 2.23. The van der Waals surface area contributed by atoms with Crippen LogP contribution in [0.5, 0.6) is 0 Å². The first-order valence-electron chi connectivity index (χ1n) is 7.23. The first-order chi connectivity index (χ1) is 11.9. The summed E-state index contributed by atoms with van der Waals surface area (Å²) in [6, 6.07) is 15.5. The van der Waals surface area contributed by atoms with Crippen LogP contribution in [0.25, 0.3) is 0 Å². The van der Waals surface area contributed by atoms with Gasteiger partial charge in [0.1, 0.15) is 0 Å². The second-order valence-electron chi connectivity index (χ2n) is 5.17. The molecule has 1 heterocycles. The third-order valence-electron chi connectivity index (χ3n) is 3.16. The first-order valence-corrected chi connectivity index (χ1v) is 9.53. The monoisotopic (exact) mass is 374 g/mol. The van der Waals surface area contributed by atoms with Gasteiger partial charge in [0.05, 0.1) is 0 Å². The summed E-state index contributed by atoms with van der Waals surface area (Å²) < 4.78 is 26.8. The number of hydrogen-bond donors (Lipinski definition) is 2. The Kier molecular flexibility index (Phi) is 4.77. The highest BCUT2D eigenvalue weighted by Gasteiger charge is 2.21. The van der Waals surface area contributed by atoms with Crippen molar-refractivity contribution in [1.82, 2.24) is 10.2 Å². The van der Waals surface area contributed by atoms with Crippen LogP contribution in [0.2, 0.25) is 0 Å². The van der Waals surface area contributed by atoms with E-state index in [1.807, 2.05) is 13.0 Å². The van der Waals surface area contributed by atoms with Crippen LogP contribution in [0.3, 0.4) is 0 Å². The zero-order valence-electron chi connectivity index (χ0n) is 13.1. The smallest absolute Gasteiger partial charge is 0.291 e. The average Bonchev–Trinajstić information content (AvgIpc) is 3.05. The summed E-state index contributed by atoms with van der Waals surface area (Å²) in [5, 5.41) is 10.0. The fraction of sp³-hybridized carbons (Fsp3) is 0.0625. The summed E-state index contributed by atoms with van der Waals surface area (Å²) in [6.07, 6.45) is 0. The van der Waals surface area contributed by atoms with Crippen molar-refractivity contribution in [3.63, 3.8) is 0 Å². The standard InChI is InChI=1S/C16H14N4O3S2/c1-11-6-5-7-12(10-11)14(21)17-15-18-19-16(24-15)25(22,23)20-13-8-3-2-4-9-13/h2-10,20H,1H3,(H,17,18,21). The topological polar surface area (TPSA) is 101 Å². The van der Waals surface area contributed by atoms with Gasteiger partial charge in [0.15, 0.2) is 0 Å². The second kappa shape index (κ2) is 6.99. The number of benzene rings is 2. The number of para-hydroxylation sites is 1. The van der Waals surface area contributed by atoms with Gasteiger partial charge in [-0.25, -0.2) is 0 Å². The van der Waals surface area contributed by atoms with Gasteiger partial charge >= 0.3 is 0 Å². The Morgan fingerprint density at radius 2 is 1.80 bits per heavy atom. The Balaban J connectivity index is 1.75. The molecule has 0 fully saturated rings. The van der Waals surface area contributed by atoms with Crippen molar-refractivity contribution in [2.45, 2.75) is 11.3 Å². The largest absolute Gasteiger partial charge is 0.296 e. The maximum absolute atomic E-state index is 12.3. The van der Waals surface area contributed by atoms with Crippen molar-refractivity contribution in [2.24, 2.45) is 0 Å². The lowest BCUT2D eigenvalue weighted by Gasteiger charge is -2.04. The van der Waals surface area contributed by atoms with Crippen molar-refractivity contribution in [2.75, 3.05) is 10.0 Å². The Labute approximate surface area is 148 Å². The number of aryl methyl sites for hydroxylation is 1. The zero-order chi connectivity index (χ0) is 17.9. The molecule has 0 radical (unpaired) electrons. The van der Waals surface area contributed by atoms with E-state index in [1.165, 1.54) is 0 Å². The van der Waals surface area contributed by atoms with Crippen molar-refractivity contribution >= 4 is 38.1 Å². The highest BCUT2D eigenvalue weighted by molar-refractivity contribution is 7.94. The maximum Gasteiger partial charge on any atom is 0.291 e. The van der Waals surface area contributed by atoms with Crippen LogP contribution < -0.4 is 10.0 Å². The lowest BCUT2D eigenvalue weighted by atomic mass is 10.1. The summed E-state index contributed by atoms with van der Waals surface area (Å²) in [7, 11) is -3.86. The van der Waals surface area contributed by atoms with Crippen molar-refractivity contribution < 1.29 is 13.2 Å². The summed E-state index contributed by atoms with van der Waals surface area (Å²) in [5.74, 6) is -0.375. The molecule has 3 aromatic rings. The molecule has 1 amide bonds. The molecular formula is C16H14N4O3S2. The van der Waals surface area contributed by atoms with E-state index in [2.05, 4.69) is 20.2 Å².